The zero-order valence-electron chi connectivity index (χ0n) is 11.0. The van der Waals surface area contributed by atoms with Gasteiger partial charge in [0.05, 0.1) is 7.11 Å². The Morgan fingerprint density at radius 2 is 2.25 bits per heavy atom. The Balaban J connectivity index is 2.07. The van der Waals surface area contributed by atoms with Gasteiger partial charge in [0.2, 0.25) is 0 Å². The van der Waals surface area contributed by atoms with E-state index in [9.17, 15) is 4.79 Å². The van der Waals surface area contributed by atoms with E-state index in [0.717, 1.165) is 0 Å². The fraction of sp³-hybridized carbons (Fsp3) is 0.154. The van der Waals surface area contributed by atoms with Crippen molar-refractivity contribution in [3.8, 4) is 11.8 Å². The number of carbonyl (C=O) groups excluding carboxylic acids is 1. The lowest BCUT2D eigenvalue weighted by molar-refractivity contribution is 0.262. The molecule has 2 rings (SSSR count). The lowest BCUT2D eigenvalue weighted by atomic mass is 10.3. The third kappa shape index (κ3) is 3.05. The van der Waals surface area contributed by atoms with Crippen molar-refractivity contribution in [2.75, 3.05) is 17.7 Å². The number of nitriles is 1. The lowest BCUT2D eigenvalue weighted by Crippen LogP contribution is -2.20. The topological polar surface area (TPSA) is 92.0 Å². The van der Waals surface area contributed by atoms with Crippen LogP contribution in [0.4, 0.5) is 16.3 Å². The molecule has 1 aromatic heterocycles. The Morgan fingerprint density at radius 1 is 1.45 bits per heavy atom. The highest BCUT2D eigenvalue weighted by molar-refractivity contribution is 5.99. The molecule has 7 heteroatoms. The van der Waals surface area contributed by atoms with Crippen LogP contribution < -0.4 is 15.4 Å². The molecule has 0 atom stereocenters. The van der Waals surface area contributed by atoms with Crippen LogP contribution >= 0.6 is 0 Å². The van der Waals surface area contributed by atoms with Crippen LogP contribution in [0.5, 0.6) is 5.75 Å². The van der Waals surface area contributed by atoms with E-state index < -0.39 is 6.03 Å². The monoisotopic (exact) mass is 271 g/mol. The summed E-state index contributed by atoms with van der Waals surface area (Å²) in [4.78, 5) is 11.8. The van der Waals surface area contributed by atoms with Gasteiger partial charge < -0.3 is 10.1 Å². The number of nitrogens with one attached hydrogen (secondary N) is 2. The highest BCUT2D eigenvalue weighted by Gasteiger charge is 2.11. The zero-order valence-corrected chi connectivity index (χ0v) is 11.0. The van der Waals surface area contributed by atoms with Gasteiger partial charge in [-0.15, -0.1) is 0 Å². The van der Waals surface area contributed by atoms with Gasteiger partial charge in [0.25, 0.3) is 0 Å². The minimum atomic E-state index is -0.478. The second kappa shape index (κ2) is 5.75. The summed E-state index contributed by atoms with van der Waals surface area (Å²) in [5.74, 6) is 0.855. The summed E-state index contributed by atoms with van der Waals surface area (Å²) in [7, 11) is 3.22. The second-order valence-corrected chi connectivity index (χ2v) is 3.99. The second-order valence-electron chi connectivity index (χ2n) is 3.99. The molecule has 0 radical (unpaired) electrons. The first-order valence-corrected chi connectivity index (χ1v) is 5.78. The van der Waals surface area contributed by atoms with Crippen LogP contribution in [0.3, 0.4) is 0 Å². The molecule has 0 bridgehead atoms. The average Bonchev–Trinajstić information content (AvgIpc) is 2.78. The number of anilines is 2. The molecule has 1 aromatic carbocycles. The van der Waals surface area contributed by atoms with Gasteiger partial charge in [-0.1, -0.05) is 6.07 Å². The van der Waals surface area contributed by atoms with Crippen molar-refractivity contribution in [1.29, 1.82) is 5.26 Å². The molecule has 2 N–H and O–H groups in total. The predicted octanol–water partition coefficient (Wildman–Crippen LogP) is 1.94. The molecule has 0 saturated heterocycles. The first-order chi connectivity index (χ1) is 9.62. The first-order valence-electron chi connectivity index (χ1n) is 5.78. The number of ether oxygens (including phenoxy) is 1. The number of hydrogen-bond acceptors (Lipinski definition) is 4. The predicted molar refractivity (Wildman–Crippen MR) is 73.6 cm³/mol. The van der Waals surface area contributed by atoms with E-state index in [-0.39, 0.29) is 5.82 Å². The molecule has 0 unspecified atom stereocenters. The third-order valence-electron chi connectivity index (χ3n) is 2.51. The Bertz CT molecular complexity index is 672. The summed E-state index contributed by atoms with van der Waals surface area (Å²) in [6.07, 6.45) is 1.53. The Labute approximate surface area is 115 Å². The van der Waals surface area contributed by atoms with E-state index in [2.05, 4.69) is 15.7 Å². The van der Waals surface area contributed by atoms with Crippen LogP contribution in [0.1, 0.15) is 5.56 Å². The summed E-state index contributed by atoms with van der Waals surface area (Å²) >= 11 is 0. The maximum Gasteiger partial charge on any atom is 0.324 e. The average molecular weight is 271 g/mol. The summed E-state index contributed by atoms with van der Waals surface area (Å²) in [6.45, 7) is 0. The first kappa shape index (κ1) is 13.4. The molecule has 0 saturated carbocycles. The van der Waals surface area contributed by atoms with Gasteiger partial charge in [0.15, 0.2) is 5.82 Å². The zero-order chi connectivity index (χ0) is 14.5. The molecule has 2 aromatic rings. The fourth-order valence-corrected chi connectivity index (χ4v) is 1.63. The number of benzene rings is 1. The number of methoxy groups -OCH3 is 1. The lowest BCUT2D eigenvalue weighted by Gasteiger charge is -2.07. The van der Waals surface area contributed by atoms with Crippen LogP contribution in [-0.4, -0.2) is 22.9 Å². The molecule has 0 fully saturated rings. The van der Waals surface area contributed by atoms with Crippen LogP contribution in [0.2, 0.25) is 0 Å². The number of carbonyl (C=O) groups is 1. The number of aromatic nitrogens is 2. The van der Waals surface area contributed by atoms with Crippen molar-refractivity contribution >= 4 is 17.5 Å². The quantitative estimate of drug-likeness (QED) is 0.892. The molecule has 0 aliphatic carbocycles. The highest BCUT2D eigenvalue weighted by atomic mass is 16.5. The smallest absolute Gasteiger partial charge is 0.324 e. The summed E-state index contributed by atoms with van der Waals surface area (Å²) in [6, 6.07) is 8.42. The van der Waals surface area contributed by atoms with Gasteiger partial charge in [0, 0.05) is 25.0 Å². The molecule has 0 spiro atoms. The summed E-state index contributed by atoms with van der Waals surface area (Å²) in [5, 5.41) is 18.1. The normalized spacial score (nSPS) is 9.65. The van der Waals surface area contributed by atoms with Crippen molar-refractivity contribution in [3.05, 3.63) is 36.0 Å². The van der Waals surface area contributed by atoms with Gasteiger partial charge in [0.1, 0.15) is 17.4 Å². The van der Waals surface area contributed by atoms with Gasteiger partial charge in [-0.05, 0) is 12.1 Å². The Hall–Kier alpha value is -3.01. The van der Waals surface area contributed by atoms with Crippen molar-refractivity contribution in [2.24, 2.45) is 7.05 Å². The molecule has 2 amide bonds. The Kier molecular flexibility index (Phi) is 3.86. The van der Waals surface area contributed by atoms with E-state index >= 15 is 0 Å². The number of amides is 2. The minimum absolute atomic E-state index is 0.218. The third-order valence-corrected chi connectivity index (χ3v) is 2.51. The largest absolute Gasteiger partial charge is 0.497 e. The number of aryl methyl sites for hydroxylation is 1. The van der Waals surface area contributed by atoms with Crippen LogP contribution in [-0.2, 0) is 7.05 Å². The van der Waals surface area contributed by atoms with E-state index in [1.54, 1.807) is 38.4 Å². The fourth-order valence-electron chi connectivity index (χ4n) is 1.63. The maximum absolute atomic E-state index is 11.8. The van der Waals surface area contributed by atoms with Crippen molar-refractivity contribution in [2.45, 2.75) is 0 Å². The number of hydrogen-bond donors (Lipinski definition) is 2. The van der Waals surface area contributed by atoms with Gasteiger partial charge >= 0.3 is 6.03 Å². The van der Waals surface area contributed by atoms with E-state index in [1.165, 1.54) is 10.9 Å². The minimum Gasteiger partial charge on any atom is -0.497 e. The van der Waals surface area contributed by atoms with Crippen LogP contribution in [0, 0.1) is 11.3 Å². The molecular weight excluding hydrogens is 258 g/mol. The molecule has 0 aliphatic rings. The number of urea groups is 1. The highest BCUT2D eigenvalue weighted by Crippen LogP contribution is 2.17. The number of nitrogens with zero attached hydrogens (tertiary/aromatic N) is 3. The maximum atomic E-state index is 11.8. The van der Waals surface area contributed by atoms with Gasteiger partial charge in [-0.2, -0.15) is 10.4 Å². The van der Waals surface area contributed by atoms with Crippen molar-refractivity contribution < 1.29 is 9.53 Å². The van der Waals surface area contributed by atoms with E-state index in [1.807, 2.05) is 6.07 Å². The standard InChI is InChI=1S/C13H13N5O2/c1-18-8-9(7-14)12(17-18)16-13(19)15-10-4-3-5-11(6-10)20-2/h3-6,8H,1-2H3,(H2,15,16,17,19). The van der Waals surface area contributed by atoms with Gasteiger partial charge in [-0.3, -0.25) is 10.00 Å². The van der Waals surface area contributed by atoms with Crippen molar-refractivity contribution in [1.82, 2.24) is 9.78 Å². The number of rotatable bonds is 3. The molecule has 1 heterocycles. The molecular formula is C13H13N5O2. The van der Waals surface area contributed by atoms with Crippen LogP contribution in [0.15, 0.2) is 30.5 Å². The van der Waals surface area contributed by atoms with Crippen LogP contribution in [0.25, 0.3) is 0 Å². The molecule has 7 nitrogen and oxygen atoms in total. The van der Waals surface area contributed by atoms with E-state index in [0.29, 0.717) is 17.0 Å². The Morgan fingerprint density at radius 3 is 2.95 bits per heavy atom. The SMILES string of the molecule is COc1cccc(NC(=O)Nc2nn(C)cc2C#N)c1. The van der Waals surface area contributed by atoms with Gasteiger partial charge in [-0.25, -0.2) is 4.79 Å². The molecule has 20 heavy (non-hydrogen) atoms. The van der Waals surface area contributed by atoms with E-state index in [4.69, 9.17) is 10.00 Å². The summed E-state index contributed by atoms with van der Waals surface area (Å²) in [5.41, 5.74) is 0.879. The molecule has 0 aliphatic heterocycles. The molecule has 102 valence electrons. The van der Waals surface area contributed by atoms with Crippen molar-refractivity contribution in [3.63, 3.8) is 0 Å². The summed E-state index contributed by atoms with van der Waals surface area (Å²) < 4.78 is 6.52.